The molecule has 0 atom stereocenters. The van der Waals surface area contributed by atoms with E-state index in [1.165, 1.54) is 6.26 Å². The first-order valence-corrected chi connectivity index (χ1v) is 11.9. The van der Waals surface area contributed by atoms with E-state index in [2.05, 4.69) is 0 Å². The molecule has 1 aliphatic carbocycles. The molecule has 35 heavy (non-hydrogen) atoms. The molecule has 0 spiro atoms. The third-order valence-corrected chi connectivity index (χ3v) is 6.24. The smallest absolute Gasteiger partial charge is 0.289 e. The molecule has 1 saturated carbocycles. The SMILES string of the molecule is COc1ccc(Oc2c(CN(CC3CC3)C(=O)c3ccco3)c(C)nn2-c2cccc(Cl)c2)cc1. The van der Waals surface area contributed by atoms with Crippen LogP contribution in [0.2, 0.25) is 5.02 Å². The average Bonchev–Trinajstić information content (AvgIpc) is 3.41. The minimum absolute atomic E-state index is 0.146. The molecular weight excluding hydrogens is 466 g/mol. The van der Waals surface area contributed by atoms with E-state index in [0.717, 1.165) is 35.5 Å². The summed E-state index contributed by atoms with van der Waals surface area (Å²) < 4.78 is 18.8. The van der Waals surface area contributed by atoms with Gasteiger partial charge in [0, 0.05) is 11.6 Å². The highest BCUT2D eigenvalue weighted by molar-refractivity contribution is 6.30. The number of halogens is 1. The summed E-state index contributed by atoms with van der Waals surface area (Å²) in [6, 6.07) is 18.2. The van der Waals surface area contributed by atoms with E-state index in [1.54, 1.807) is 23.9 Å². The molecule has 4 aromatic rings. The number of hydrogen-bond acceptors (Lipinski definition) is 5. The molecule has 180 valence electrons. The maximum atomic E-state index is 13.3. The van der Waals surface area contributed by atoms with Crippen LogP contribution in [0.25, 0.3) is 5.69 Å². The molecule has 1 amide bonds. The van der Waals surface area contributed by atoms with Crippen LogP contribution >= 0.6 is 11.6 Å². The monoisotopic (exact) mass is 491 g/mol. The summed E-state index contributed by atoms with van der Waals surface area (Å²) >= 11 is 6.28. The summed E-state index contributed by atoms with van der Waals surface area (Å²) in [6.45, 7) is 2.92. The Hall–Kier alpha value is -3.71. The zero-order valence-corrected chi connectivity index (χ0v) is 20.4. The van der Waals surface area contributed by atoms with Crippen LogP contribution < -0.4 is 9.47 Å². The fourth-order valence-corrected chi connectivity index (χ4v) is 4.13. The van der Waals surface area contributed by atoms with Crippen LogP contribution in [0.3, 0.4) is 0 Å². The van der Waals surface area contributed by atoms with Gasteiger partial charge in [-0.05, 0) is 80.3 Å². The number of furan rings is 1. The number of carbonyl (C=O) groups excluding carboxylic acids is 1. The van der Waals surface area contributed by atoms with E-state index in [9.17, 15) is 4.79 Å². The van der Waals surface area contributed by atoms with E-state index in [1.807, 2.05) is 60.4 Å². The zero-order valence-electron chi connectivity index (χ0n) is 19.6. The fourth-order valence-electron chi connectivity index (χ4n) is 3.94. The number of ether oxygens (including phenoxy) is 2. The Bertz CT molecular complexity index is 1310. The van der Waals surface area contributed by atoms with Crippen LogP contribution in [0, 0.1) is 12.8 Å². The maximum absolute atomic E-state index is 13.3. The molecular formula is C27H26ClN3O4. The molecule has 1 fully saturated rings. The van der Waals surface area contributed by atoms with Crippen molar-refractivity contribution in [2.75, 3.05) is 13.7 Å². The van der Waals surface area contributed by atoms with Crippen LogP contribution in [0.15, 0.2) is 71.3 Å². The lowest BCUT2D eigenvalue weighted by atomic mass is 10.2. The summed E-state index contributed by atoms with van der Waals surface area (Å²) in [5.74, 6) is 2.57. The lowest BCUT2D eigenvalue weighted by molar-refractivity contribution is 0.0701. The number of aromatic nitrogens is 2. The minimum Gasteiger partial charge on any atom is -0.497 e. The third-order valence-electron chi connectivity index (χ3n) is 6.01. The normalized spacial score (nSPS) is 13.0. The van der Waals surface area contributed by atoms with Crippen molar-refractivity contribution in [1.29, 1.82) is 0 Å². The number of amides is 1. The number of hydrogen-bond donors (Lipinski definition) is 0. The van der Waals surface area contributed by atoms with Crippen LogP contribution in [0.5, 0.6) is 17.4 Å². The second-order valence-electron chi connectivity index (χ2n) is 8.64. The van der Waals surface area contributed by atoms with Crippen molar-refractivity contribution in [3.8, 4) is 23.1 Å². The molecule has 0 radical (unpaired) electrons. The van der Waals surface area contributed by atoms with Gasteiger partial charge in [-0.15, -0.1) is 0 Å². The maximum Gasteiger partial charge on any atom is 0.289 e. The van der Waals surface area contributed by atoms with Gasteiger partial charge in [0.05, 0.1) is 36.9 Å². The van der Waals surface area contributed by atoms with Crippen LogP contribution in [-0.2, 0) is 6.54 Å². The molecule has 0 bridgehead atoms. The first kappa shape index (κ1) is 23.1. The number of nitrogens with zero attached hydrogens (tertiary/aromatic N) is 3. The summed E-state index contributed by atoms with van der Waals surface area (Å²) in [5, 5.41) is 5.36. The molecule has 1 aliphatic rings. The number of methoxy groups -OCH3 is 1. The fraction of sp³-hybridized carbons (Fsp3) is 0.259. The van der Waals surface area contributed by atoms with Gasteiger partial charge in [-0.2, -0.15) is 5.10 Å². The largest absolute Gasteiger partial charge is 0.497 e. The molecule has 2 aromatic carbocycles. The average molecular weight is 492 g/mol. The van der Waals surface area contributed by atoms with Crippen molar-refractivity contribution in [2.45, 2.75) is 26.3 Å². The molecule has 2 aromatic heterocycles. The van der Waals surface area contributed by atoms with E-state index in [-0.39, 0.29) is 5.91 Å². The van der Waals surface area contributed by atoms with E-state index in [0.29, 0.717) is 41.4 Å². The first-order valence-electron chi connectivity index (χ1n) is 11.5. The Kier molecular flexibility index (Phi) is 6.51. The number of carbonyl (C=O) groups is 1. The second-order valence-corrected chi connectivity index (χ2v) is 9.08. The molecule has 0 aliphatic heterocycles. The van der Waals surface area contributed by atoms with Crippen molar-refractivity contribution < 1.29 is 18.7 Å². The predicted octanol–water partition coefficient (Wildman–Crippen LogP) is 6.28. The van der Waals surface area contributed by atoms with Crippen molar-refractivity contribution in [1.82, 2.24) is 14.7 Å². The highest BCUT2D eigenvalue weighted by Crippen LogP contribution is 2.35. The lowest BCUT2D eigenvalue weighted by Gasteiger charge is -2.22. The van der Waals surface area contributed by atoms with Gasteiger partial charge in [0.25, 0.3) is 5.91 Å². The summed E-state index contributed by atoms with van der Waals surface area (Å²) in [6.07, 6.45) is 3.76. The standard InChI is InChI=1S/C27H26ClN3O4/c1-18-24(17-30(16-19-8-9-19)26(32)25-7-4-14-34-25)27(35-23-12-10-22(33-2)11-13-23)31(29-18)21-6-3-5-20(28)15-21/h3-7,10-15,19H,8-9,16-17H2,1-2H3. The quantitative estimate of drug-likeness (QED) is 0.275. The predicted molar refractivity (Wildman–Crippen MR) is 133 cm³/mol. The van der Waals surface area contributed by atoms with E-state index >= 15 is 0 Å². The Morgan fingerprint density at radius 3 is 2.57 bits per heavy atom. The van der Waals surface area contributed by atoms with Gasteiger partial charge < -0.3 is 18.8 Å². The number of benzene rings is 2. The van der Waals surface area contributed by atoms with E-state index < -0.39 is 0 Å². The highest BCUT2D eigenvalue weighted by atomic mass is 35.5. The number of rotatable bonds is 9. The molecule has 5 rings (SSSR count). The third kappa shape index (κ3) is 5.20. The Labute approximate surface area is 208 Å². The summed E-state index contributed by atoms with van der Waals surface area (Å²) in [7, 11) is 1.62. The van der Waals surface area contributed by atoms with Gasteiger partial charge in [0.15, 0.2) is 5.76 Å². The second kappa shape index (κ2) is 9.88. The van der Waals surface area contributed by atoms with Gasteiger partial charge in [-0.25, -0.2) is 4.68 Å². The molecule has 0 N–H and O–H groups in total. The lowest BCUT2D eigenvalue weighted by Crippen LogP contribution is -2.32. The summed E-state index contributed by atoms with van der Waals surface area (Å²) in [5.41, 5.74) is 2.35. The van der Waals surface area contributed by atoms with Gasteiger partial charge in [-0.1, -0.05) is 17.7 Å². The van der Waals surface area contributed by atoms with Crippen LogP contribution in [-0.4, -0.2) is 34.2 Å². The minimum atomic E-state index is -0.146. The van der Waals surface area contributed by atoms with Crippen LogP contribution in [0.1, 0.15) is 34.7 Å². The van der Waals surface area contributed by atoms with Gasteiger partial charge in [0.1, 0.15) is 11.5 Å². The highest BCUT2D eigenvalue weighted by Gasteiger charge is 2.31. The molecule has 8 heteroatoms. The van der Waals surface area contributed by atoms with Crippen molar-refractivity contribution >= 4 is 17.5 Å². The molecule has 2 heterocycles. The Morgan fingerprint density at radius 1 is 1.14 bits per heavy atom. The Balaban J connectivity index is 1.54. The molecule has 0 saturated heterocycles. The van der Waals surface area contributed by atoms with Gasteiger partial charge in [-0.3, -0.25) is 4.79 Å². The van der Waals surface area contributed by atoms with Crippen LogP contribution in [0.4, 0.5) is 0 Å². The topological polar surface area (TPSA) is 69.7 Å². The van der Waals surface area contributed by atoms with Crippen molar-refractivity contribution in [3.63, 3.8) is 0 Å². The first-order chi connectivity index (χ1) is 17.0. The zero-order chi connectivity index (χ0) is 24.4. The van der Waals surface area contributed by atoms with Gasteiger partial charge >= 0.3 is 0 Å². The molecule has 7 nitrogen and oxygen atoms in total. The number of aryl methyl sites for hydroxylation is 1. The van der Waals surface area contributed by atoms with Gasteiger partial charge in [0.2, 0.25) is 5.88 Å². The van der Waals surface area contributed by atoms with Crippen molar-refractivity contribution in [3.05, 3.63) is 89.0 Å². The van der Waals surface area contributed by atoms with E-state index in [4.69, 9.17) is 30.6 Å². The molecule has 0 unspecified atom stereocenters. The Morgan fingerprint density at radius 2 is 1.91 bits per heavy atom. The van der Waals surface area contributed by atoms with Crippen molar-refractivity contribution in [2.24, 2.45) is 5.92 Å². The summed E-state index contributed by atoms with van der Waals surface area (Å²) in [4.78, 5) is 15.1.